The Morgan fingerprint density at radius 2 is 2.28 bits per heavy atom. The first-order valence-corrected chi connectivity index (χ1v) is 6.69. The van der Waals surface area contributed by atoms with Crippen molar-refractivity contribution in [3.05, 3.63) is 0 Å². The highest BCUT2D eigenvalue weighted by atomic mass is 16.5. The van der Waals surface area contributed by atoms with E-state index in [4.69, 9.17) is 9.47 Å². The maximum atomic E-state index is 5.79. The van der Waals surface area contributed by atoms with Gasteiger partial charge in [0.05, 0.1) is 12.7 Å². The highest BCUT2D eigenvalue weighted by Crippen LogP contribution is 2.51. The highest BCUT2D eigenvalue weighted by Gasteiger charge is 2.59. The Morgan fingerprint density at radius 3 is 2.94 bits per heavy atom. The van der Waals surface area contributed by atoms with Crippen LogP contribution < -0.4 is 10.6 Å². The van der Waals surface area contributed by atoms with Crippen LogP contribution in [0.4, 0.5) is 0 Å². The molecule has 1 aliphatic heterocycles. The fourth-order valence-electron chi connectivity index (χ4n) is 3.23. The van der Waals surface area contributed by atoms with Crippen LogP contribution in [0.25, 0.3) is 0 Å². The average molecular weight is 255 g/mol. The summed E-state index contributed by atoms with van der Waals surface area (Å²) in [5.74, 6) is 1.48. The Balaban J connectivity index is 1.88. The van der Waals surface area contributed by atoms with Crippen LogP contribution in [-0.4, -0.2) is 52.0 Å². The predicted octanol–water partition coefficient (Wildman–Crippen LogP) is 0.611. The molecule has 18 heavy (non-hydrogen) atoms. The Morgan fingerprint density at radius 1 is 1.50 bits per heavy atom. The lowest BCUT2D eigenvalue weighted by Crippen LogP contribution is -2.68. The third kappa shape index (κ3) is 2.34. The number of nitrogens with zero attached hydrogens (tertiary/aromatic N) is 1. The van der Waals surface area contributed by atoms with Gasteiger partial charge in [-0.2, -0.15) is 0 Å². The summed E-state index contributed by atoms with van der Waals surface area (Å²) in [6.45, 7) is 6.88. The van der Waals surface area contributed by atoms with Gasteiger partial charge in [0.2, 0.25) is 0 Å². The number of rotatable bonds is 4. The highest BCUT2D eigenvalue weighted by molar-refractivity contribution is 5.80. The number of ether oxygens (including phenoxy) is 2. The number of aliphatic imine (C=N–C) groups is 1. The molecule has 5 heteroatoms. The third-order valence-corrected chi connectivity index (χ3v) is 4.21. The number of fused-ring (bicyclic) bond motifs is 1. The van der Waals surface area contributed by atoms with Crippen molar-refractivity contribution < 1.29 is 9.47 Å². The molecule has 0 bridgehead atoms. The van der Waals surface area contributed by atoms with Gasteiger partial charge >= 0.3 is 0 Å². The van der Waals surface area contributed by atoms with Crippen LogP contribution in [0.5, 0.6) is 0 Å². The third-order valence-electron chi connectivity index (χ3n) is 4.21. The molecule has 2 fully saturated rings. The standard InChI is InChI=1S/C13H25N3O2/c1-13(2)10(9-5-7-18-11(9)13)16-12(14-3)15-6-8-17-4/h9-11H,5-8H2,1-4H3,(H2,14,15,16). The average Bonchev–Trinajstić information content (AvgIpc) is 2.80. The monoisotopic (exact) mass is 255 g/mol. The molecule has 0 aromatic rings. The van der Waals surface area contributed by atoms with Crippen LogP contribution in [0.3, 0.4) is 0 Å². The largest absolute Gasteiger partial charge is 0.383 e. The van der Waals surface area contributed by atoms with Crippen LogP contribution in [0.15, 0.2) is 4.99 Å². The number of hydrogen-bond acceptors (Lipinski definition) is 3. The molecule has 1 aliphatic carbocycles. The second-order valence-electron chi connectivity index (χ2n) is 5.68. The minimum Gasteiger partial charge on any atom is -0.383 e. The van der Waals surface area contributed by atoms with Gasteiger partial charge < -0.3 is 20.1 Å². The first kappa shape index (κ1) is 13.6. The van der Waals surface area contributed by atoms with Crippen molar-refractivity contribution in [3.63, 3.8) is 0 Å². The van der Waals surface area contributed by atoms with Gasteiger partial charge in [-0.1, -0.05) is 13.8 Å². The fraction of sp³-hybridized carbons (Fsp3) is 0.923. The molecular weight excluding hydrogens is 230 g/mol. The van der Waals surface area contributed by atoms with E-state index in [0.717, 1.165) is 25.5 Å². The van der Waals surface area contributed by atoms with E-state index in [9.17, 15) is 0 Å². The number of hydrogen-bond donors (Lipinski definition) is 2. The Kier molecular flexibility index (Phi) is 4.12. The van der Waals surface area contributed by atoms with Crippen molar-refractivity contribution in [1.82, 2.24) is 10.6 Å². The fourth-order valence-corrected chi connectivity index (χ4v) is 3.23. The van der Waals surface area contributed by atoms with E-state index < -0.39 is 0 Å². The summed E-state index contributed by atoms with van der Waals surface area (Å²) >= 11 is 0. The van der Waals surface area contributed by atoms with Gasteiger partial charge in [0.25, 0.3) is 0 Å². The molecule has 2 aliphatic rings. The minimum atomic E-state index is 0.181. The molecule has 0 aromatic heterocycles. The van der Waals surface area contributed by atoms with Crippen molar-refractivity contribution in [1.29, 1.82) is 0 Å². The van der Waals surface area contributed by atoms with E-state index in [1.54, 1.807) is 14.2 Å². The number of nitrogens with one attached hydrogen (secondary N) is 2. The van der Waals surface area contributed by atoms with Crippen molar-refractivity contribution in [2.24, 2.45) is 16.3 Å². The summed E-state index contributed by atoms with van der Waals surface area (Å²) in [5, 5.41) is 6.79. The molecule has 1 heterocycles. The molecular formula is C13H25N3O2. The van der Waals surface area contributed by atoms with Gasteiger partial charge in [0, 0.05) is 44.7 Å². The van der Waals surface area contributed by atoms with Gasteiger partial charge in [-0.3, -0.25) is 4.99 Å². The number of guanidine groups is 1. The minimum absolute atomic E-state index is 0.181. The molecule has 1 saturated heterocycles. The van der Waals surface area contributed by atoms with E-state index in [1.165, 1.54) is 0 Å². The second kappa shape index (κ2) is 5.45. The zero-order valence-electron chi connectivity index (χ0n) is 11.8. The summed E-state index contributed by atoms with van der Waals surface area (Å²) < 4.78 is 10.8. The van der Waals surface area contributed by atoms with Crippen molar-refractivity contribution >= 4 is 5.96 Å². The normalized spacial score (nSPS) is 33.8. The Hall–Kier alpha value is -0.810. The zero-order chi connectivity index (χ0) is 13.2. The second-order valence-corrected chi connectivity index (χ2v) is 5.68. The van der Waals surface area contributed by atoms with Crippen molar-refractivity contribution in [2.75, 3.05) is 33.9 Å². The maximum Gasteiger partial charge on any atom is 0.191 e. The van der Waals surface area contributed by atoms with Gasteiger partial charge in [-0.05, 0) is 6.42 Å². The topological polar surface area (TPSA) is 54.9 Å². The smallest absolute Gasteiger partial charge is 0.191 e. The zero-order valence-corrected chi connectivity index (χ0v) is 11.8. The quantitative estimate of drug-likeness (QED) is 0.439. The van der Waals surface area contributed by atoms with Gasteiger partial charge in [-0.15, -0.1) is 0 Å². The molecule has 3 unspecified atom stereocenters. The molecule has 0 aromatic carbocycles. The SMILES string of the molecule is CN=C(NCCOC)NC1C2CCOC2C1(C)C. The summed E-state index contributed by atoms with van der Waals surface area (Å²) in [6, 6.07) is 0.443. The summed E-state index contributed by atoms with van der Waals surface area (Å²) in [7, 11) is 3.50. The lowest BCUT2D eigenvalue weighted by Gasteiger charge is -2.54. The Bertz CT molecular complexity index is 317. The molecule has 2 N–H and O–H groups in total. The van der Waals surface area contributed by atoms with Crippen LogP contribution in [0, 0.1) is 11.3 Å². The molecule has 0 amide bonds. The summed E-state index contributed by atoms with van der Waals surface area (Å²) in [5.41, 5.74) is 0.181. The predicted molar refractivity (Wildman–Crippen MR) is 71.8 cm³/mol. The first-order valence-electron chi connectivity index (χ1n) is 6.69. The molecule has 1 saturated carbocycles. The van der Waals surface area contributed by atoms with E-state index >= 15 is 0 Å². The molecule has 104 valence electrons. The van der Waals surface area contributed by atoms with Crippen LogP contribution >= 0.6 is 0 Å². The maximum absolute atomic E-state index is 5.79. The molecule has 0 spiro atoms. The van der Waals surface area contributed by atoms with Crippen LogP contribution in [-0.2, 0) is 9.47 Å². The van der Waals surface area contributed by atoms with E-state index in [-0.39, 0.29) is 5.41 Å². The lowest BCUT2D eigenvalue weighted by molar-refractivity contribution is -0.106. The molecule has 5 nitrogen and oxygen atoms in total. The van der Waals surface area contributed by atoms with Crippen molar-refractivity contribution in [3.8, 4) is 0 Å². The number of methoxy groups -OCH3 is 1. The molecule has 3 atom stereocenters. The summed E-state index contributed by atoms with van der Waals surface area (Å²) in [4.78, 5) is 4.26. The summed E-state index contributed by atoms with van der Waals surface area (Å²) in [6.07, 6.45) is 1.56. The molecule has 2 rings (SSSR count). The van der Waals surface area contributed by atoms with E-state index in [0.29, 0.717) is 24.7 Å². The Labute approximate surface area is 109 Å². The first-order chi connectivity index (χ1) is 8.61. The van der Waals surface area contributed by atoms with E-state index in [2.05, 4.69) is 29.5 Å². The molecule has 0 radical (unpaired) electrons. The van der Waals surface area contributed by atoms with Gasteiger partial charge in [0.15, 0.2) is 5.96 Å². The van der Waals surface area contributed by atoms with Gasteiger partial charge in [0.1, 0.15) is 0 Å². The lowest BCUT2D eigenvalue weighted by atomic mass is 9.57. The van der Waals surface area contributed by atoms with Crippen LogP contribution in [0.1, 0.15) is 20.3 Å². The van der Waals surface area contributed by atoms with Crippen molar-refractivity contribution in [2.45, 2.75) is 32.4 Å². The van der Waals surface area contributed by atoms with E-state index in [1.807, 2.05) is 0 Å². The van der Waals surface area contributed by atoms with Crippen LogP contribution in [0.2, 0.25) is 0 Å². The van der Waals surface area contributed by atoms with Gasteiger partial charge in [-0.25, -0.2) is 0 Å².